The number of benzene rings is 3. The van der Waals surface area contributed by atoms with E-state index in [1.807, 2.05) is 54.0 Å². The molecule has 1 atom stereocenters. The molecule has 0 unspecified atom stereocenters. The fourth-order valence-electron chi connectivity index (χ4n) is 3.37. The maximum atomic E-state index is 14.0. The number of carbonyl (C=O) groups excluding carboxylic acids is 1. The molecule has 0 saturated heterocycles. The van der Waals surface area contributed by atoms with Crippen LogP contribution in [0, 0.1) is 12.7 Å². The van der Waals surface area contributed by atoms with Gasteiger partial charge < -0.3 is 5.32 Å². The molecule has 0 aliphatic carbocycles. The minimum atomic E-state index is -0.559. The van der Waals surface area contributed by atoms with Crippen molar-refractivity contribution in [1.82, 2.24) is 20.1 Å². The molecule has 1 aromatic heterocycles. The van der Waals surface area contributed by atoms with Gasteiger partial charge in [-0.2, -0.15) is 0 Å². The van der Waals surface area contributed by atoms with Crippen LogP contribution in [0.3, 0.4) is 0 Å². The maximum absolute atomic E-state index is 14.0. The number of halogens is 1. The first kappa shape index (κ1) is 21.8. The molecule has 1 amide bonds. The van der Waals surface area contributed by atoms with Crippen LogP contribution < -0.4 is 5.32 Å². The Labute approximate surface area is 190 Å². The number of aromatic nitrogens is 3. The lowest BCUT2D eigenvalue weighted by atomic mass is 10.1. The minimum Gasteiger partial charge on any atom is -0.342 e. The van der Waals surface area contributed by atoms with E-state index in [1.165, 1.54) is 23.3 Å². The van der Waals surface area contributed by atoms with Crippen molar-refractivity contribution in [2.45, 2.75) is 30.8 Å². The summed E-state index contributed by atoms with van der Waals surface area (Å²) < 4.78 is 16.0. The number of para-hydroxylation sites is 1. The summed E-state index contributed by atoms with van der Waals surface area (Å²) in [4.78, 5) is 12.6. The van der Waals surface area contributed by atoms with Crippen LogP contribution in [0.2, 0.25) is 0 Å². The van der Waals surface area contributed by atoms with Gasteiger partial charge in [-0.1, -0.05) is 66.4 Å². The number of rotatable bonds is 7. The third kappa shape index (κ3) is 4.73. The predicted octanol–water partition coefficient (Wildman–Crippen LogP) is 5.50. The molecule has 0 aliphatic heterocycles. The van der Waals surface area contributed by atoms with Crippen LogP contribution in [-0.4, -0.2) is 20.7 Å². The molecule has 1 N–H and O–H groups in total. The van der Waals surface area contributed by atoms with Crippen molar-refractivity contribution in [3.8, 4) is 5.69 Å². The molecule has 0 aliphatic rings. The molecular weight excluding hydrogens is 423 g/mol. The highest BCUT2D eigenvalue weighted by atomic mass is 32.2. The lowest BCUT2D eigenvalue weighted by Crippen LogP contribution is -2.29. The van der Waals surface area contributed by atoms with Crippen molar-refractivity contribution in [1.29, 1.82) is 0 Å². The lowest BCUT2D eigenvalue weighted by Gasteiger charge is -2.16. The lowest BCUT2D eigenvalue weighted by molar-refractivity contribution is 0.0934. The standard InChI is InChI=1S/C25H23FN4OS/c1-17-10-6-7-11-19(17)16-32-25-29-28-23(30(25)20-12-4-3-5-13-20)18(2)27-24(31)21-14-8-9-15-22(21)26/h3-15,18H,16H2,1-2H3,(H,27,31)/t18-/m0/s1. The number of thioether (sulfide) groups is 1. The molecule has 162 valence electrons. The van der Waals surface area contributed by atoms with Crippen LogP contribution in [0.1, 0.15) is 40.3 Å². The molecule has 7 heteroatoms. The molecular formula is C25H23FN4OS. The zero-order chi connectivity index (χ0) is 22.5. The average Bonchev–Trinajstić information content (AvgIpc) is 3.23. The highest BCUT2D eigenvalue weighted by molar-refractivity contribution is 7.98. The molecule has 5 nitrogen and oxygen atoms in total. The Morgan fingerprint density at radius 2 is 1.69 bits per heavy atom. The fraction of sp³-hybridized carbons (Fsp3) is 0.160. The third-order valence-electron chi connectivity index (χ3n) is 5.14. The maximum Gasteiger partial charge on any atom is 0.254 e. The molecule has 0 spiro atoms. The molecule has 0 saturated carbocycles. The van der Waals surface area contributed by atoms with Crippen LogP contribution in [-0.2, 0) is 5.75 Å². The van der Waals surface area contributed by atoms with Crippen LogP contribution in [0.4, 0.5) is 4.39 Å². The van der Waals surface area contributed by atoms with Crippen LogP contribution >= 0.6 is 11.8 Å². The van der Waals surface area contributed by atoms with Gasteiger partial charge in [0.25, 0.3) is 5.91 Å². The number of nitrogens with zero attached hydrogens (tertiary/aromatic N) is 3. The van der Waals surface area contributed by atoms with Crippen molar-refractivity contribution >= 4 is 17.7 Å². The van der Waals surface area contributed by atoms with Crippen molar-refractivity contribution in [2.24, 2.45) is 0 Å². The van der Waals surface area contributed by atoms with Gasteiger partial charge in [-0.05, 0) is 49.2 Å². The number of carbonyl (C=O) groups is 1. The van der Waals surface area contributed by atoms with Crippen molar-refractivity contribution < 1.29 is 9.18 Å². The number of amides is 1. The summed E-state index contributed by atoms with van der Waals surface area (Å²) in [6.07, 6.45) is 0. The predicted molar refractivity (Wildman–Crippen MR) is 124 cm³/mol. The molecule has 0 bridgehead atoms. The van der Waals surface area contributed by atoms with E-state index in [1.54, 1.807) is 23.9 Å². The highest BCUT2D eigenvalue weighted by Crippen LogP contribution is 2.28. The highest BCUT2D eigenvalue weighted by Gasteiger charge is 2.22. The summed E-state index contributed by atoms with van der Waals surface area (Å²) in [5.41, 5.74) is 3.34. The Morgan fingerprint density at radius 3 is 2.44 bits per heavy atom. The summed E-state index contributed by atoms with van der Waals surface area (Å²) in [5, 5.41) is 12.4. The first-order chi connectivity index (χ1) is 15.5. The number of aryl methyl sites for hydroxylation is 1. The minimum absolute atomic E-state index is 0.000669. The molecule has 0 fully saturated rings. The van der Waals surface area contributed by atoms with E-state index in [9.17, 15) is 9.18 Å². The Balaban J connectivity index is 1.62. The summed E-state index contributed by atoms with van der Waals surface area (Å²) in [5.74, 6) is 0.268. The SMILES string of the molecule is Cc1ccccc1CSc1nnc([C@H](C)NC(=O)c2ccccc2F)n1-c1ccccc1. The molecule has 1 heterocycles. The van der Waals surface area contributed by atoms with E-state index in [0.717, 1.165) is 16.6 Å². The monoisotopic (exact) mass is 446 g/mol. The van der Waals surface area contributed by atoms with Gasteiger partial charge in [-0.3, -0.25) is 9.36 Å². The second-order valence-corrected chi connectivity index (χ2v) is 8.34. The topological polar surface area (TPSA) is 59.8 Å². The average molecular weight is 447 g/mol. The Hall–Kier alpha value is -3.45. The van der Waals surface area contributed by atoms with Gasteiger partial charge in [0.1, 0.15) is 5.82 Å². The van der Waals surface area contributed by atoms with Gasteiger partial charge in [0.2, 0.25) is 0 Å². The third-order valence-corrected chi connectivity index (χ3v) is 6.12. The van der Waals surface area contributed by atoms with E-state index in [4.69, 9.17) is 0 Å². The Morgan fingerprint density at radius 1 is 1.00 bits per heavy atom. The van der Waals surface area contributed by atoms with E-state index in [0.29, 0.717) is 5.82 Å². The van der Waals surface area contributed by atoms with E-state index in [2.05, 4.69) is 34.6 Å². The Bertz CT molecular complexity index is 1230. The van der Waals surface area contributed by atoms with Crippen molar-refractivity contribution in [2.75, 3.05) is 0 Å². The van der Waals surface area contributed by atoms with Gasteiger partial charge in [-0.15, -0.1) is 10.2 Å². The van der Waals surface area contributed by atoms with Crippen LogP contribution in [0.15, 0.2) is 84.0 Å². The van der Waals surface area contributed by atoms with Gasteiger partial charge >= 0.3 is 0 Å². The van der Waals surface area contributed by atoms with E-state index in [-0.39, 0.29) is 5.56 Å². The largest absolute Gasteiger partial charge is 0.342 e. The molecule has 4 aromatic rings. The summed E-state index contributed by atoms with van der Waals surface area (Å²) >= 11 is 1.58. The normalized spacial score (nSPS) is 11.8. The first-order valence-electron chi connectivity index (χ1n) is 10.3. The molecule has 4 rings (SSSR count). The zero-order valence-corrected chi connectivity index (χ0v) is 18.6. The smallest absolute Gasteiger partial charge is 0.254 e. The summed E-state index contributed by atoms with van der Waals surface area (Å²) in [6.45, 7) is 3.90. The second kappa shape index (κ2) is 9.78. The summed E-state index contributed by atoms with van der Waals surface area (Å²) in [6, 6.07) is 23.4. The van der Waals surface area contributed by atoms with E-state index >= 15 is 0 Å². The van der Waals surface area contributed by atoms with Gasteiger partial charge in [0, 0.05) is 11.4 Å². The number of nitrogens with one attached hydrogen (secondary N) is 1. The fourth-order valence-corrected chi connectivity index (χ4v) is 4.41. The number of hydrogen-bond acceptors (Lipinski definition) is 4. The van der Waals surface area contributed by atoms with Gasteiger partial charge in [-0.25, -0.2) is 4.39 Å². The van der Waals surface area contributed by atoms with Gasteiger partial charge in [0.15, 0.2) is 11.0 Å². The Kier molecular flexibility index (Phi) is 6.66. The molecule has 32 heavy (non-hydrogen) atoms. The summed E-state index contributed by atoms with van der Waals surface area (Å²) in [7, 11) is 0. The molecule has 0 radical (unpaired) electrons. The quantitative estimate of drug-likeness (QED) is 0.381. The van der Waals surface area contributed by atoms with Crippen molar-refractivity contribution in [3.05, 3.63) is 107 Å². The molecule has 3 aromatic carbocycles. The van der Waals surface area contributed by atoms with E-state index < -0.39 is 17.8 Å². The first-order valence-corrected chi connectivity index (χ1v) is 11.3. The van der Waals surface area contributed by atoms with Gasteiger partial charge in [0.05, 0.1) is 11.6 Å². The zero-order valence-electron chi connectivity index (χ0n) is 17.8. The number of hydrogen-bond donors (Lipinski definition) is 1. The van der Waals surface area contributed by atoms with Crippen LogP contribution in [0.25, 0.3) is 5.69 Å². The second-order valence-electron chi connectivity index (χ2n) is 7.40. The van der Waals surface area contributed by atoms with Crippen LogP contribution in [0.5, 0.6) is 0 Å². The van der Waals surface area contributed by atoms with Crippen molar-refractivity contribution in [3.63, 3.8) is 0 Å².